The van der Waals surface area contributed by atoms with Crippen molar-refractivity contribution in [1.82, 2.24) is 5.32 Å². The summed E-state index contributed by atoms with van der Waals surface area (Å²) in [5.74, 6) is 1.75. The van der Waals surface area contributed by atoms with Crippen LogP contribution in [0.15, 0.2) is 42.5 Å². The Hall–Kier alpha value is -2.69. The fourth-order valence-corrected chi connectivity index (χ4v) is 2.31. The van der Waals surface area contributed by atoms with Crippen LogP contribution in [0.3, 0.4) is 0 Å². The van der Waals surface area contributed by atoms with E-state index in [0.29, 0.717) is 30.0 Å². The predicted octanol–water partition coefficient (Wildman–Crippen LogP) is 2.68. The first-order chi connectivity index (χ1) is 11.2. The summed E-state index contributed by atoms with van der Waals surface area (Å²) in [4.78, 5) is 12.4. The lowest BCUT2D eigenvalue weighted by atomic mass is 10.1. The third kappa shape index (κ3) is 4.16. The monoisotopic (exact) mass is 315 g/mol. The molecule has 0 saturated carbocycles. The lowest BCUT2D eigenvalue weighted by Crippen LogP contribution is -2.26. The molecule has 0 heterocycles. The van der Waals surface area contributed by atoms with Gasteiger partial charge in [0.15, 0.2) is 0 Å². The molecule has 0 aliphatic carbocycles. The first kappa shape index (κ1) is 16.7. The van der Waals surface area contributed by atoms with E-state index in [0.717, 1.165) is 11.3 Å². The fraction of sp³-hybridized carbons (Fsp3) is 0.278. The van der Waals surface area contributed by atoms with Crippen LogP contribution in [0.2, 0.25) is 0 Å². The summed E-state index contributed by atoms with van der Waals surface area (Å²) >= 11 is 0. The van der Waals surface area contributed by atoms with Crippen LogP contribution in [-0.2, 0) is 6.42 Å². The van der Waals surface area contributed by atoms with E-state index in [1.165, 1.54) is 7.11 Å². The smallest absolute Gasteiger partial charge is 0.255 e. The van der Waals surface area contributed by atoms with E-state index in [1.807, 2.05) is 24.3 Å². The Morgan fingerprint density at radius 3 is 2.39 bits per heavy atom. The summed E-state index contributed by atoms with van der Waals surface area (Å²) in [5.41, 5.74) is 1.50. The molecule has 1 amide bonds. The van der Waals surface area contributed by atoms with E-state index in [2.05, 4.69) is 5.32 Å². The minimum atomic E-state index is -0.198. The van der Waals surface area contributed by atoms with Gasteiger partial charge in [0.1, 0.15) is 17.2 Å². The van der Waals surface area contributed by atoms with Crippen molar-refractivity contribution in [2.75, 3.05) is 27.9 Å². The Morgan fingerprint density at radius 1 is 0.957 bits per heavy atom. The number of benzene rings is 2. The van der Waals surface area contributed by atoms with Gasteiger partial charge in [-0.15, -0.1) is 0 Å². The molecule has 0 atom stereocenters. The predicted molar refractivity (Wildman–Crippen MR) is 88.6 cm³/mol. The Kier molecular flexibility index (Phi) is 5.86. The van der Waals surface area contributed by atoms with Gasteiger partial charge >= 0.3 is 0 Å². The van der Waals surface area contributed by atoms with E-state index in [4.69, 9.17) is 14.2 Å². The third-order valence-corrected chi connectivity index (χ3v) is 3.52. The Bertz CT molecular complexity index is 670. The molecule has 2 rings (SSSR count). The van der Waals surface area contributed by atoms with Gasteiger partial charge in [-0.05, 0) is 36.2 Å². The Morgan fingerprint density at radius 2 is 1.70 bits per heavy atom. The molecule has 23 heavy (non-hydrogen) atoms. The van der Waals surface area contributed by atoms with Gasteiger partial charge in [0.05, 0.1) is 26.9 Å². The van der Waals surface area contributed by atoms with Crippen LogP contribution in [0.25, 0.3) is 0 Å². The molecular formula is C18H21NO4. The number of rotatable bonds is 7. The Labute approximate surface area is 136 Å². The van der Waals surface area contributed by atoms with Gasteiger partial charge in [-0.25, -0.2) is 0 Å². The van der Waals surface area contributed by atoms with E-state index >= 15 is 0 Å². The van der Waals surface area contributed by atoms with E-state index < -0.39 is 0 Å². The number of carbonyl (C=O) groups is 1. The molecular weight excluding hydrogens is 294 g/mol. The standard InChI is InChI=1S/C18H21NO4/c1-21-14-8-9-17(23-3)15(12-14)18(20)19-11-10-13-6-4-5-7-16(13)22-2/h4-9,12H,10-11H2,1-3H3,(H,19,20). The number of ether oxygens (including phenoxy) is 3. The van der Waals surface area contributed by atoms with Gasteiger partial charge in [-0.2, -0.15) is 0 Å². The number of hydrogen-bond acceptors (Lipinski definition) is 4. The molecule has 0 radical (unpaired) electrons. The van der Waals surface area contributed by atoms with Gasteiger partial charge < -0.3 is 19.5 Å². The highest BCUT2D eigenvalue weighted by Crippen LogP contribution is 2.24. The van der Waals surface area contributed by atoms with Crippen LogP contribution in [0.4, 0.5) is 0 Å². The van der Waals surface area contributed by atoms with E-state index in [-0.39, 0.29) is 5.91 Å². The largest absolute Gasteiger partial charge is 0.497 e. The molecule has 0 spiro atoms. The van der Waals surface area contributed by atoms with Crippen molar-refractivity contribution in [2.45, 2.75) is 6.42 Å². The number of hydrogen-bond donors (Lipinski definition) is 1. The van der Waals surface area contributed by atoms with Crippen LogP contribution in [0, 0.1) is 0 Å². The van der Waals surface area contributed by atoms with Crippen molar-refractivity contribution in [1.29, 1.82) is 0 Å². The maximum Gasteiger partial charge on any atom is 0.255 e. The zero-order chi connectivity index (χ0) is 16.7. The minimum Gasteiger partial charge on any atom is -0.497 e. The maximum atomic E-state index is 12.4. The normalized spacial score (nSPS) is 10.0. The van der Waals surface area contributed by atoms with Crippen molar-refractivity contribution in [3.05, 3.63) is 53.6 Å². The highest BCUT2D eigenvalue weighted by Gasteiger charge is 2.13. The lowest BCUT2D eigenvalue weighted by Gasteiger charge is -2.12. The highest BCUT2D eigenvalue weighted by atomic mass is 16.5. The summed E-state index contributed by atoms with van der Waals surface area (Å²) < 4.78 is 15.7. The van der Waals surface area contributed by atoms with Gasteiger partial charge in [0.2, 0.25) is 0 Å². The molecule has 2 aromatic rings. The van der Waals surface area contributed by atoms with Gasteiger partial charge in [0, 0.05) is 6.54 Å². The molecule has 0 unspecified atom stereocenters. The maximum absolute atomic E-state index is 12.4. The summed E-state index contributed by atoms with van der Waals surface area (Å²) in [6.07, 6.45) is 0.683. The van der Waals surface area contributed by atoms with Crippen molar-refractivity contribution >= 4 is 5.91 Å². The zero-order valence-electron chi connectivity index (χ0n) is 13.6. The van der Waals surface area contributed by atoms with Crippen molar-refractivity contribution in [2.24, 2.45) is 0 Å². The summed E-state index contributed by atoms with van der Waals surface area (Å²) in [6.45, 7) is 0.500. The second-order valence-corrected chi connectivity index (χ2v) is 4.88. The number of carbonyl (C=O) groups excluding carboxylic acids is 1. The summed E-state index contributed by atoms with van der Waals surface area (Å²) in [7, 11) is 4.73. The second-order valence-electron chi connectivity index (χ2n) is 4.88. The van der Waals surface area contributed by atoms with Crippen molar-refractivity contribution < 1.29 is 19.0 Å². The first-order valence-corrected chi connectivity index (χ1v) is 7.31. The molecule has 0 aromatic heterocycles. The highest BCUT2D eigenvalue weighted by molar-refractivity contribution is 5.97. The van der Waals surface area contributed by atoms with Gasteiger partial charge in [0.25, 0.3) is 5.91 Å². The molecule has 0 fully saturated rings. The molecule has 2 aromatic carbocycles. The lowest BCUT2D eigenvalue weighted by molar-refractivity contribution is 0.0950. The second kappa shape index (κ2) is 8.08. The molecule has 5 nitrogen and oxygen atoms in total. The Balaban J connectivity index is 2.02. The van der Waals surface area contributed by atoms with Crippen LogP contribution in [-0.4, -0.2) is 33.8 Å². The zero-order valence-corrected chi connectivity index (χ0v) is 13.6. The van der Waals surface area contributed by atoms with Crippen LogP contribution in [0.1, 0.15) is 15.9 Å². The summed E-state index contributed by atoms with van der Waals surface area (Å²) in [5, 5.41) is 2.89. The van der Waals surface area contributed by atoms with Crippen molar-refractivity contribution in [3.8, 4) is 17.2 Å². The quantitative estimate of drug-likeness (QED) is 0.853. The van der Waals surface area contributed by atoms with Crippen molar-refractivity contribution in [3.63, 3.8) is 0 Å². The molecule has 0 bridgehead atoms. The number of amides is 1. The molecule has 1 N–H and O–H groups in total. The molecule has 122 valence electrons. The minimum absolute atomic E-state index is 0.198. The van der Waals surface area contributed by atoms with Gasteiger partial charge in [-0.3, -0.25) is 4.79 Å². The average Bonchev–Trinajstić information content (AvgIpc) is 2.61. The van der Waals surface area contributed by atoms with Gasteiger partial charge in [-0.1, -0.05) is 18.2 Å². The van der Waals surface area contributed by atoms with E-state index in [1.54, 1.807) is 32.4 Å². The summed E-state index contributed by atoms with van der Waals surface area (Å²) in [6, 6.07) is 12.9. The topological polar surface area (TPSA) is 56.8 Å². The third-order valence-electron chi connectivity index (χ3n) is 3.52. The SMILES string of the molecule is COc1ccc(OC)c(C(=O)NCCc2ccccc2OC)c1. The van der Waals surface area contributed by atoms with E-state index in [9.17, 15) is 4.79 Å². The molecule has 0 saturated heterocycles. The molecule has 5 heteroatoms. The first-order valence-electron chi connectivity index (χ1n) is 7.31. The number of methoxy groups -OCH3 is 3. The molecule has 0 aliphatic rings. The van der Waals surface area contributed by atoms with Crippen LogP contribution >= 0.6 is 0 Å². The molecule has 0 aliphatic heterocycles. The number of nitrogens with one attached hydrogen (secondary N) is 1. The fourth-order valence-electron chi connectivity index (χ4n) is 2.31. The van der Waals surface area contributed by atoms with Crippen LogP contribution < -0.4 is 19.5 Å². The average molecular weight is 315 g/mol. The van der Waals surface area contributed by atoms with Crippen LogP contribution in [0.5, 0.6) is 17.2 Å². The number of para-hydroxylation sites is 1.